The highest BCUT2D eigenvalue weighted by molar-refractivity contribution is 6.31. The quantitative estimate of drug-likeness (QED) is 0.428. The molecule has 0 radical (unpaired) electrons. The minimum absolute atomic E-state index is 0.00242. The maximum atomic E-state index is 12.7. The van der Waals surface area contributed by atoms with Gasteiger partial charge < -0.3 is 19.6 Å². The number of rotatable bonds is 6. The number of benzene rings is 2. The zero-order valence-electron chi connectivity index (χ0n) is 17.2. The summed E-state index contributed by atoms with van der Waals surface area (Å²) in [7, 11) is 0. The van der Waals surface area contributed by atoms with Gasteiger partial charge in [0.2, 0.25) is 5.89 Å². The molecule has 33 heavy (non-hydrogen) atoms. The highest BCUT2D eigenvalue weighted by atomic mass is 35.5. The van der Waals surface area contributed by atoms with Gasteiger partial charge in [-0.05, 0) is 29.8 Å². The fraction of sp³-hybridized carbons (Fsp3) is 0.182. The Hall–Kier alpha value is -3.79. The lowest BCUT2D eigenvalue weighted by atomic mass is 10.1. The maximum Gasteiger partial charge on any atom is 0.314 e. The number of anilines is 1. The molecule has 2 aromatic carbocycles. The molecule has 0 atom stereocenters. The maximum absolute atomic E-state index is 12.7. The Balaban J connectivity index is 1.27. The van der Waals surface area contributed by atoms with Gasteiger partial charge in [-0.25, -0.2) is 4.98 Å². The van der Waals surface area contributed by atoms with Gasteiger partial charge in [-0.3, -0.25) is 4.99 Å². The van der Waals surface area contributed by atoms with Crippen LogP contribution in [-0.4, -0.2) is 38.8 Å². The SMILES string of the molecule is FC(F)c1nnc(-c2ccc(Cn3cnc(-c4ccc(NC5=NCCN5)cc4)c3)c(Cl)c2)o1. The summed E-state index contributed by atoms with van der Waals surface area (Å²) in [5.41, 5.74) is 4.06. The molecule has 0 saturated heterocycles. The average Bonchev–Trinajstić information content (AvgIpc) is 3.58. The molecule has 8 nitrogen and oxygen atoms in total. The van der Waals surface area contributed by atoms with Crippen LogP contribution in [0.4, 0.5) is 14.5 Å². The first-order valence-electron chi connectivity index (χ1n) is 10.1. The number of hydrogen-bond acceptors (Lipinski definition) is 7. The molecular formula is C22H18ClF2N7O. The van der Waals surface area contributed by atoms with Crippen LogP contribution in [0.1, 0.15) is 17.9 Å². The molecule has 168 valence electrons. The number of alkyl halides is 2. The van der Waals surface area contributed by atoms with Crippen molar-refractivity contribution in [1.82, 2.24) is 25.1 Å². The van der Waals surface area contributed by atoms with E-state index in [0.717, 1.165) is 41.6 Å². The lowest BCUT2D eigenvalue weighted by Crippen LogP contribution is -2.26. The molecule has 4 aromatic rings. The Bertz CT molecular complexity index is 1300. The first kappa shape index (κ1) is 21.1. The fourth-order valence-corrected chi connectivity index (χ4v) is 3.62. The normalized spacial score (nSPS) is 13.3. The molecule has 0 unspecified atom stereocenters. The van der Waals surface area contributed by atoms with E-state index < -0.39 is 12.3 Å². The molecule has 3 heterocycles. The number of nitrogens with one attached hydrogen (secondary N) is 2. The van der Waals surface area contributed by atoms with E-state index in [9.17, 15) is 8.78 Å². The molecule has 2 N–H and O–H groups in total. The van der Waals surface area contributed by atoms with E-state index in [1.54, 1.807) is 24.5 Å². The van der Waals surface area contributed by atoms with Gasteiger partial charge in [-0.1, -0.05) is 29.8 Å². The summed E-state index contributed by atoms with van der Waals surface area (Å²) in [5.74, 6) is 0.0600. The first-order chi connectivity index (χ1) is 16.0. The second-order valence-corrected chi connectivity index (χ2v) is 7.75. The molecular weight excluding hydrogens is 452 g/mol. The highest BCUT2D eigenvalue weighted by Crippen LogP contribution is 2.28. The number of guanidine groups is 1. The predicted octanol–water partition coefficient (Wildman–Crippen LogP) is 4.61. The molecule has 0 bridgehead atoms. The van der Waals surface area contributed by atoms with Crippen LogP contribution in [0.5, 0.6) is 0 Å². The molecule has 0 amide bonds. The molecule has 0 aliphatic carbocycles. The van der Waals surface area contributed by atoms with E-state index in [1.165, 1.54) is 0 Å². The summed E-state index contributed by atoms with van der Waals surface area (Å²) in [6.45, 7) is 2.12. The monoisotopic (exact) mass is 469 g/mol. The number of hydrogen-bond donors (Lipinski definition) is 2. The third-order valence-corrected chi connectivity index (χ3v) is 5.38. The average molecular weight is 470 g/mol. The van der Waals surface area contributed by atoms with Gasteiger partial charge in [0, 0.05) is 41.1 Å². The van der Waals surface area contributed by atoms with Crippen LogP contribution in [-0.2, 0) is 6.54 Å². The minimum Gasteiger partial charge on any atom is -0.415 e. The topological polar surface area (TPSA) is 93.2 Å². The summed E-state index contributed by atoms with van der Waals surface area (Å²) < 4.78 is 32.2. The Morgan fingerprint density at radius 3 is 2.64 bits per heavy atom. The second-order valence-electron chi connectivity index (χ2n) is 7.34. The van der Waals surface area contributed by atoms with Crippen molar-refractivity contribution in [3.63, 3.8) is 0 Å². The lowest BCUT2D eigenvalue weighted by molar-refractivity contribution is 0.116. The molecule has 5 rings (SSSR count). The van der Waals surface area contributed by atoms with Crippen molar-refractivity contribution in [2.75, 3.05) is 18.4 Å². The molecule has 0 spiro atoms. The molecule has 0 fully saturated rings. The number of imidazole rings is 1. The van der Waals surface area contributed by atoms with Crippen molar-refractivity contribution in [3.05, 3.63) is 71.5 Å². The van der Waals surface area contributed by atoms with E-state index in [4.69, 9.17) is 16.0 Å². The number of nitrogens with zero attached hydrogens (tertiary/aromatic N) is 5. The van der Waals surface area contributed by atoms with E-state index in [-0.39, 0.29) is 5.89 Å². The van der Waals surface area contributed by atoms with Crippen molar-refractivity contribution >= 4 is 23.2 Å². The van der Waals surface area contributed by atoms with Crippen molar-refractivity contribution in [3.8, 4) is 22.7 Å². The minimum atomic E-state index is -2.82. The Labute approximate surface area is 192 Å². The summed E-state index contributed by atoms with van der Waals surface area (Å²) in [5, 5.41) is 13.8. The number of aliphatic imine (C=N–C) groups is 1. The van der Waals surface area contributed by atoms with Crippen LogP contribution in [0.15, 0.2) is 64.4 Å². The second kappa shape index (κ2) is 8.99. The van der Waals surface area contributed by atoms with Crippen LogP contribution in [0.3, 0.4) is 0 Å². The number of aromatic nitrogens is 4. The van der Waals surface area contributed by atoms with Crippen LogP contribution in [0.2, 0.25) is 5.02 Å². The van der Waals surface area contributed by atoms with Crippen LogP contribution >= 0.6 is 11.6 Å². The van der Waals surface area contributed by atoms with Crippen molar-refractivity contribution < 1.29 is 13.2 Å². The van der Waals surface area contributed by atoms with Gasteiger partial charge in [-0.15, -0.1) is 10.2 Å². The van der Waals surface area contributed by atoms with E-state index in [0.29, 0.717) is 17.1 Å². The van der Waals surface area contributed by atoms with Gasteiger partial charge >= 0.3 is 6.43 Å². The van der Waals surface area contributed by atoms with E-state index in [1.807, 2.05) is 35.0 Å². The van der Waals surface area contributed by atoms with E-state index in [2.05, 4.69) is 30.8 Å². The molecule has 1 aliphatic rings. The van der Waals surface area contributed by atoms with Crippen LogP contribution < -0.4 is 10.6 Å². The summed E-state index contributed by atoms with van der Waals surface area (Å²) >= 11 is 6.42. The van der Waals surface area contributed by atoms with Crippen molar-refractivity contribution in [2.45, 2.75) is 13.0 Å². The summed E-state index contributed by atoms with van der Waals surface area (Å²) in [4.78, 5) is 8.81. The van der Waals surface area contributed by atoms with Crippen molar-refractivity contribution in [2.24, 2.45) is 4.99 Å². The molecule has 1 aliphatic heterocycles. The largest absolute Gasteiger partial charge is 0.415 e. The number of halogens is 3. The van der Waals surface area contributed by atoms with Gasteiger partial charge in [0.25, 0.3) is 5.89 Å². The Kier molecular flexibility index (Phi) is 5.74. The Morgan fingerprint density at radius 2 is 1.94 bits per heavy atom. The van der Waals surface area contributed by atoms with E-state index >= 15 is 0 Å². The Morgan fingerprint density at radius 1 is 1.12 bits per heavy atom. The summed E-state index contributed by atoms with van der Waals surface area (Å²) in [6, 6.07) is 13.1. The standard InChI is InChI=1S/C22H18ClF2N7O/c23-17-9-14(20-30-31-21(33-20)19(24)25)1-2-15(17)10-32-11-18(28-12-32)13-3-5-16(6-4-13)29-22-26-7-8-27-22/h1-6,9,11-12,19H,7-8,10H2,(H2,26,27,29). The zero-order chi connectivity index (χ0) is 22.8. The van der Waals surface area contributed by atoms with Gasteiger partial charge in [-0.2, -0.15) is 8.78 Å². The third-order valence-electron chi connectivity index (χ3n) is 5.03. The van der Waals surface area contributed by atoms with Crippen LogP contribution in [0.25, 0.3) is 22.7 Å². The van der Waals surface area contributed by atoms with Gasteiger partial charge in [0.1, 0.15) is 0 Å². The van der Waals surface area contributed by atoms with Crippen LogP contribution in [0, 0.1) is 0 Å². The lowest BCUT2D eigenvalue weighted by Gasteiger charge is -2.07. The smallest absolute Gasteiger partial charge is 0.314 e. The third kappa shape index (κ3) is 4.70. The van der Waals surface area contributed by atoms with Gasteiger partial charge in [0.15, 0.2) is 5.96 Å². The fourth-order valence-electron chi connectivity index (χ4n) is 3.38. The highest BCUT2D eigenvalue weighted by Gasteiger charge is 2.17. The van der Waals surface area contributed by atoms with Crippen molar-refractivity contribution in [1.29, 1.82) is 0 Å². The molecule has 0 saturated carbocycles. The summed E-state index contributed by atoms with van der Waals surface area (Å²) in [6.07, 6.45) is 0.848. The zero-order valence-corrected chi connectivity index (χ0v) is 17.9. The predicted molar refractivity (Wildman–Crippen MR) is 120 cm³/mol. The first-order valence-corrected chi connectivity index (χ1v) is 10.5. The molecule has 2 aromatic heterocycles. The van der Waals surface area contributed by atoms with Gasteiger partial charge in [0.05, 0.1) is 18.6 Å². The molecule has 11 heteroatoms.